The van der Waals surface area contributed by atoms with Crippen molar-refractivity contribution < 1.29 is 4.79 Å². The Morgan fingerprint density at radius 2 is 2.00 bits per heavy atom. The van der Waals surface area contributed by atoms with Crippen molar-refractivity contribution in [2.24, 2.45) is 0 Å². The summed E-state index contributed by atoms with van der Waals surface area (Å²) in [5.74, 6) is 0.0159. The van der Waals surface area contributed by atoms with E-state index in [-0.39, 0.29) is 11.6 Å². The van der Waals surface area contributed by atoms with Gasteiger partial charge in [0.2, 0.25) is 5.82 Å². The van der Waals surface area contributed by atoms with Gasteiger partial charge in [-0.3, -0.25) is 4.79 Å². The van der Waals surface area contributed by atoms with Crippen LogP contribution in [-0.4, -0.2) is 20.5 Å². The number of rotatable bonds is 3. The second kappa shape index (κ2) is 4.85. The smallest absolute Gasteiger partial charge is 0.216 e. The second-order valence-corrected chi connectivity index (χ2v) is 4.34. The Morgan fingerprint density at radius 1 is 1.35 bits per heavy atom. The fraction of sp³-hybridized carbons (Fsp3) is 0.182. The summed E-state index contributed by atoms with van der Waals surface area (Å²) in [5, 5.41) is 5.16. The van der Waals surface area contributed by atoms with Crippen molar-refractivity contribution in [3.05, 3.63) is 46.0 Å². The summed E-state index contributed by atoms with van der Waals surface area (Å²) >= 11 is 12.1. The van der Waals surface area contributed by atoms with E-state index >= 15 is 0 Å². The van der Waals surface area contributed by atoms with Gasteiger partial charge in [0.15, 0.2) is 5.78 Å². The first-order valence-electron chi connectivity index (χ1n) is 4.91. The summed E-state index contributed by atoms with van der Waals surface area (Å²) in [4.78, 5) is 14.9. The zero-order chi connectivity index (χ0) is 12.4. The third-order valence-electron chi connectivity index (χ3n) is 2.23. The standard InChI is InChI=1S/C11H9Cl2N3O/c1-7(17)11-14-6-16(15-11)5-8-9(12)3-2-4-10(8)13/h2-4,6H,5H2,1H3. The first kappa shape index (κ1) is 12.1. The highest BCUT2D eigenvalue weighted by Crippen LogP contribution is 2.24. The van der Waals surface area contributed by atoms with Crippen LogP contribution in [0, 0.1) is 0 Å². The molecule has 0 spiro atoms. The van der Waals surface area contributed by atoms with Crippen LogP contribution < -0.4 is 0 Å². The molecule has 0 saturated heterocycles. The van der Waals surface area contributed by atoms with Crippen molar-refractivity contribution in [1.29, 1.82) is 0 Å². The van der Waals surface area contributed by atoms with Gasteiger partial charge in [0.1, 0.15) is 6.33 Å². The minimum atomic E-state index is -0.172. The predicted molar refractivity (Wildman–Crippen MR) is 65.6 cm³/mol. The number of halogens is 2. The van der Waals surface area contributed by atoms with Gasteiger partial charge in [-0.25, -0.2) is 9.67 Å². The predicted octanol–water partition coefficient (Wildman–Crippen LogP) is 2.84. The van der Waals surface area contributed by atoms with Crippen LogP contribution in [0.4, 0.5) is 0 Å². The van der Waals surface area contributed by atoms with Crippen LogP contribution in [-0.2, 0) is 6.54 Å². The van der Waals surface area contributed by atoms with Crippen molar-refractivity contribution in [1.82, 2.24) is 14.8 Å². The lowest BCUT2D eigenvalue weighted by atomic mass is 10.2. The first-order valence-corrected chi connectivity index (χ1v) is 5.67. The number of hydrogen-bond donors (Lipinski definition) is 0. The van der Waals surface area contributed by atoms with Crippen LogP contribution >= 0.6 is 23.2 Å². The SMILES string of the molecule is CC(=O)c1ncn(Cc2c(Cl)cccc2Cl)n1. The van der Waals surface area contributed by atoms with Crippen molar-refractivity contribution in [3.8, 4) is 0 Å². The Morgan fingerprint density at radius 3 is 2.53 bits per heavy atom. The van der Waals surface area contributed by atoms with Gasteiger partial charge in [-0.15, -0.1) is 5.10 Å². The fourth-order valence-corrected chi connectivity index (χ4v) is 1.89. The molecule has 2 rings (SSSR count). The Bertz CT molecular complexity index is 545. The number of Topliss-reactive ketones (excluding diaryl/α,β-unsaturated/α-hetero) is 1. The number of benzene rings is 1. The molecule has 88 valence electrons. The lowest BCUT2D eigenvalue weighted by Crippen LogP contribution is -2.03. The van der Waals surface area contributed by atoms with E-state index in [2.05, 4.69) is 10.1 Å². The zero-order valence-electron chi connectivity index (χ0n) is 9.02. The average Bonchev–Trinajstić information content (AvgIpc) is 2.72. The minimum absolute atomic E-state index is 0.172. The van der Waals surface area contributed by atoms with Gasteiger partial charge >= 0.3 is 0 Å². The van der Waals surface area contributed by atoms with Crippen LogP contribution in [0.5, 0.6) is 0 Å². The Hall–Kier alpha value is -1.39. The van der Waals surface area contributed by atoms with E-state index in [9.17, 15) is 4.79 Å². The quantitative estimate of drug-likeness (QED) is 0.806. The normalized spacial score (nSPS) is 10.5. The summed E-state index contributed by atoms with van der Waals surface area (Å²) in [6, 6.07) is 5.29. The van der Waals surface area contributed by atoms with Gasteiger partial charge in [-0.1, -0.05) is 29.3 Å². The summed E-state index contributed by atoms with van der Waals surface area (Å²) in [6.07, 6.45) is 1.48. The lowest BCUT2D eigenvalue weighted by molar-refractivity contribution is 0.100. The maximum absolute atomic E-state index is 11.1. The molecule has 6 heteroatoms. The Kier molecular flexibility index (Phi) is 3.45. The van der Waals surface area contributed by atoms with Crippen LogP contribution in [0.3, 0.4) is 0 Å². The van der Waals surface area contributed by atoms with Crippen LogP contribution in [0.25, 0.3) is 0 Å². The summed E-state index contributed by atoms with van der Waals surface area (Å²) in [6.45, 7) is 1.81. The molecule has 2 aromatic rings. The van der Waals surface area contributed by atoms with Gasteiger partial charge in [0, 0.05) is 22.5 Å². The topological polar surface area (TPSA) is 47.8 Å². The zero-order valence-corrected chi connectivity index (χ0v) is 10.5. The van der Waals surface area contributed by atoms with E-state index < -0.39 is 0 Å². The summed E-state index contributed by atoms with van der Waals surface area (Å²) < 4.78 is 1.53. The molecule has 0 fully saturated rings. The van der Waals surface area contributed by atoms with E-state index in [1.807, 2.05) is 0 Å². The largest absolute Gasteiger partial charge is 0.291 e. The van der Waals surface area contributed by atoms with Gasteiger partial charge in [-0.05, 0) is 12.1 Å². The van der Waals surface area contributed by atoms with Crippen molar-refractivity contribution in [3.63, 3.8) is 0 Å². The van der Waals surface area contributed by atoms with Crippen LogP contribution in [0.2, 0.25) is 10.0 Å². The van der Waals surface area contributed by atoms with Gasteiger partial charge in [0.05, 0.1) is 6.54 Å². The molecule has 0 unspecified atom stereocenters. The monoisotopic (exact) mass is 269 g/mol. The summed E-state index contributed by atoms with van der Waals surface area (Å²) in [5.41, 5.74) is 0.760. The molecule has 1 aromatic carbocycles. The minimum Gasteiger partial charge on any atom is -0.291 e. The molecule has 0 radical (unpaired) electrons. The molecule has 4 nitrogen and oxygen atoms in total. The van der Waals surface area contributed by atoms with E-state index in [0.29, 0.717) is 16.6 Å². The molecule has 0 N–H and O–H groups in total. The van der Waals surface area contributed by atoms with E-state index in [1.54, 1.807) is 18.2 Å². The van der Waals surface area contributed by atoms with E-state index in [1.165, 1.54) is 17.9 Å². The molecule has 0 saturated carbocycles. The third-order valence-corrected chi connectivity index (χ3v) is 2.94. The number of carbonyl (C=O) groups is 1. The van der Waals surface area contributed by atoms with Crippen molar-refractivity contribution in [2.75, 3.05) is 0 Å². The maximum Gasteiger partial charge on any atom is 0.216 e. The molecule has 0 aliphatic heterocycles. The molecular formula is C11H9Cl2N3O. The molecule has 0 atom stereocenters. The number of aromatic nitrogens is 3. The Balaban J connectivity index is 2.28. The third kappa shape index (κ3) is 2.65. The van der Waals surface area contributed by atoms with Crippen LogP contribution in [0.15, 0.2) is 24.5 Å². The van der Waals surface area contributed by atoms with Crippen molar-refractivity contribution >= 4 is 29.0 Å². The summed E-state index contributed by atoms with van der Waals surface area (Å²) in [7, 11) is 0. The van der Waals surface area contributed by atoms with E-state index in [0.717, 1.165) is 5.56 Å². The second-order valence-electron chi connectivity index (χ2n) is 3.52. The highest BCUT2D eigenvalue weighted by atomic mass is 35.5. The molecule has 0 aliphatic rings. The number of nitrogens with zero attached hydrogens (tertiary/aromatic N) is 3. The van der Waals surface area contributed by atoms with Gasteiger partial charge < -0.3 is 0 Å². The van der Waals surface area contributed by atoms with Crippen molar-refractivity contribution in [2.45, 2.75) is 13.5 Å². The molecule has 1 aromatic heterocycles. The average molecular weight is 270 g/mol. The molecule has 1 heterocycles. The van der Waals surface area contributed by atoms with Gasteiger partial charge in [-0.2, -0.15) is 0 Å². The number of hydrogen-bond acceptors (Lipinski definition) is 3. The number of carbonyl (C=O) groups excluding carboxylic acids is 1. The Labute approximate surface area is 108 Å². The molecule has 0 amide bonds. The van der Waals surface area contributed by atoms with E-state index in [4.69, 9.17) is 23.2 Å². The molecule has 0 aliphatic carbocycles. The molecule has 17 heavy (non-hydrogen) atoms. The first-order chi connectivity index (χ1) is 8.08. The fourth-order valence-electron chi connectivity index (χ4n) is 1.38. The highest BCUT2D eigenvalue weighted by Gasteiger charge is 2.09. The lowest BCUT2D eigenvalue weighted by Gasteiger charge is -2.05. The highest BCUT2D eigenvalue weighted by molar-refractivity contribution is 6.35. The van der Waals surface area contributed by atoms with Gasteiger partial charge in [0.25, 0.3) is 0 Å². The molecular weight excluding hydrogens is 261 g/mol. The molecule has 0 bridgehead atoms. The van der Waals surface area contributed by atoms with Crippen LogP contribution in [0.1, 0.15) is 23.1 Å². The maximum atomic E-state index is 11.1. The number of ketones is 1.